The van der Waals surface area contributed by atoms with E-state index in [0.29, 0.717) is 5.92 Å². The second-order valence-corrected chi connectivity index (χ2v) is 11.9. The van der Waals surface area contributed by atoms with Crippen molar-refractivity contribution < 1.29 is 13.2 Å². The minimum atomic E-state index is -4.07. The van der Waals surface area contributed by atoms with Gasteiger partial charge in [0.1, 0.15) is 6.54 Å². The number of hydrazone groups is 1. The van der Waals surface area contributed by atoms with Gasteiger partial charge in [0.2, 0.25) is 0 Å². The summed E-state index contributed by atoms with van der Waals surface area (Å²) >= 11 is 12.4. The van der Waals surface area contributed by atoms with Crippen LogP contribution < -0.4 is 9.73 Å². The van der Waals surface area contributed by atoms with Crippen LogP contribution in [0.1, 0.15) is 46.5 Å². The van der Waals surface area contributed by atoms with Gasteiger partial charge >= 0.3 is 0 Å². The Hall–Kier alpha value is -2.09. The molecule has 0 aromatic heterocycles. The van der Waals surface area contributed by atoms with Gasteiger partial charge in [-0.1, -0.05) is 68.2 Å². The van der Waals surface area contributed by atoms with Crippen LogP contribution >= 0.6 is 23.2 Å². The summed E-state index contributed by atoms with van der Waals surface area (Å²) in [5.74, 6) is 0.0552. The molecule has 1 aliphatic rings. The lowest BCUT2D eigenvalue weighted by Crippen LogP contribution is -2.40. The first-order chi connectivity index (χ1) is 15.5. The molecule has 0 aliphatic heterocycles. The maximum atomic E-state index is 13.4. The van der Waals surface area contributed by atoms with Crippen molar-refractivity contribution in [1.82, 2.24) is 5.43 Å². The molecule has 0 unspecified atom stereocenters. The van der Waals surface area contributed by atoms with Gasteiger partial charge in [-0.15, -0.1) is 0 Å². The Morgan fingerprint density at radius 3 is 2.30 bits per heavy atom. The molecule has 1 N–H and O–H groups in total. The molecule has 6 nitrogen and oxygen atoms in total. The van der Waals surface area contributed by atoms with E-state index in [1.165, 1.54) is 18.2 Å². The van der Waals surface area contributed by atoms with E-state index in [4.69, 9.17) is 23.2 Å². The van der Waals surface area contributed by atoms with Crippen molar-refractivity contribution in [2.24, 2.45) is 16.4 Å². The number of anilines is 1. The molecule has 2 aromatic carbocycles. The van der Waals surface area contributed by atoms with Gasteiger partial charge in [-0.3, -0.25) is 9.10 Å². The highest BCUT2D eigenvalue weighted by molar-refractivity contribution is 7.92. The predicted molar refractivity (Wildman–Crippen MR) is 134 cm³/mol. The molecule has 1 saturated carbocycles. The van der Waals surface area contributed by atoms with Crippen molar-refractivity contribution in [3.8, 4) is 0 Å². The van der Waals surface area contributed by atoms with E-state index in [-0.39, 0.29) is 26.0 Å². The second-order valence-electron chi connectivity index (χ2n) is 9.25. The zero-order chi connectivity index (χ0) is 24.2. The summed E-state index contributed by atoms with van der Waals surface area (Å²) in [6, 6.07) is 12.5. The lowest BCUT2D eigenvalue weighted by Gasteiger charge is -2.34. The number of rotatable bonds is 6. The fourth-order valence-electron chi connectivity index (χ4n) is 3.94. The summed E-state index contributed by atoms with van der Waals surface area (Å²) < 4.78 is 27.7. The molecule has 0 bridgehead atoms. The SMILES string of the molecule is CC(C)(C)C1CCC(=NNC(=O)CN(c2cccc(Cl)c2Cl)S(=O)(=O)c2ccccc2)CC1. The first-order valence-corrected chi connectivity index (χ1v) is 13.1. The van der Waals surface area contributed by atoms with Crippen LogP contribution in [0.5, 0.6) is 0 Å². The minimum absolute atomic E-state index is 0.0423. The molecular weight excluding hydrogens is 481 g/mol. The summed E-state index contributed by atoms with van der Waals surface area (Å²) in [5, 5.41) is 4.52. The quantitative estimate of drug-likeness (QED) is 0.492. The number of halogens is 2. The van der Waals surface area contributed by atoms with E-state index in [1.807, 2.05) is 0 Å². The highest BCUT2D eigenvalue weighted by Gasteiger charge is 2.30. The topological polar surface area (TPSA) is 78.8 Å². The van der Waals surface area contributed by atoms with Crippen molar-refractivity contribution in [2.75, 3.05) is 10.8 Å². The van der Waals surface area contributed by atoms with Gasteiger partial charge in [-0.2, -0.15) is 5.10 Å². The van der Waals surface area contributed by atoms with E-state index < -0.39 is 22.5 Å². The van der Waals surface area contributed by atoms with Gasteiger partial charge in [0.15, 0.2) is 0 Å². The molecule has 33 heavy (non-hydrogen) atoms. The minimum Gasteiger partial charge on any atom is -0.271 e. The normalized spacial score (nSPS) is 16.9. The molecule has 0 atom stereocenters. The number of benzene rings is 2. The molecule has 1 amide bonds. The summed E-state index contributed by atoms with van der Waals surface area (Å²) in [6.45, 7) is 6.23. The zero-order valence-corrected chi connectivity index (χ0v) is 21.3. The van der Waals surface area contributed by atoms with Gasteiger partial charge < -0.3 is 0 Å². The van der Waals surface area contributed by atoms with Crippen LogP contribution in [0, 0.1) is 11.3 Å². The number of carbonyl (C=O) groups excluding carboxylic acids is 1. The first kappa shape index (κ1) is 25.5. The number of nitrogens with zero attached hydrogens (tertiary/aromatic N) is 2. The van der Waals surface area contributed by atoms with Gasteiger partial charge in [0.05, 0.1) is 20.6 Å². The molecule has 0 saturated heterocycles. The monoisotopic (exact) mass is 509 g/mol. The second kappa shape index (κ2) is 10.5. The van der Waals surface area contributed by atoms with E-state index in [1.54, 1.807) is 30.3 Å². The molecule has 0 spiro atoms. The van der Waals surface area contributed by atoms with Crippen LogP contribution in [0.2, 0.25) is 10.0 Å². The molecule has 2 aromatic rings. The number of nitrogens with one attached hydrogen (secondary N) is 1. The van der Waals surface area contributed by atoms with Gasteiger partial charge in [0.25, 0.3) is 15.9 Å². The third kappa shape index (κ3) is 6.28. The third-order valence-corrected chi connectivity index (χ3v) is 8.53. The summed E-state index contributed by atoms with van der Waals surface area (Å²) in [6.07, 6.45) is 3.67. The zero-order valence-electron chi connectivity index (χ0n) is 19.0. The molecule has 0 heterocycles. The average molecular weight is 510 g/mol. The van der Waals surface area contributed by atoms with Crippen molar-refractivity contribution >= 4 is 50.5 Å². The standard InChI is InChI=1S/C24H29Cl2N3O3S/c1-24(2,3)17-12-14-18(15-13-17)27-28-22(30)16-29(21-11-7-10-20(25)23(21)26)33(31,32)19-8-5-4-6-9-19/h4-11,17H,12-16H2,1-3H3,(H,28,30). The molecule has 178 valence electrons. The highest BCUT2D eigenvalue weighted by atomic mass is 35.5. The van der Waals surface area contributed by atoms with Gasteiger partial charge in [0, 0.05) is 5.71 Å². The van der Waals surface area contributed by atoms with Crippen molar-refractivity contribution in [2.45, 2.75) is 51.3 Å². The Kier molecular flexibility index (Phi) is 8.08. The number of amides is 1. The fourth-order valence-corrected chi connectivity index (χ4v) is 5.84. The number of sulfonamides is 1. The molecular formula is C24H29Cl2N3O3S. The van der Waals surface area contributed by atoms with Crippen LogP contribution in [0.25, 0.3) is 0 Å². The lowest BCUT2D eigenvalue weighted by atomic mass is 9.72. The fraction of sp³-hybridized carbons (Fsp3) is 0.417. The maximum Gasteiger partial charge on any atom is 0.264 e. The Labute approximate surface area is 206 Å². The van der Waals surface area contributed by atoms with E-state index >= 15 is 0 Å². The van der Waals surface area contributed by atoms with Gasteiger partial charge in [-0.05, 0) is 61.3 Å². The Balaban J connectivity index is 1.80. The number of carbonyl (C=O) groups is 1. The number of hydrogen-bond acceptors (Lipinski definition) is 4. The highest BCUT2D eigenvalue weighted by Crippen LogP contribution is 2.37. The van der Waals surface area contributed by atoms with Crippen LogP contribution in [0.15, 0.2) is 58.5 Å². The summed E-state index contributed by atoms with van der Waals surface area (Å²) in [4.78, 5) is 12.8. The first-order valence-electron chi connectivity index (χ1n) is 10.9. The summed E-state index contributed by atoms with van der Waals surface area (Å²) in [7, 11) is -4.07. The van der Waals surface area contributed by atoms with Crippen molar-refractivity contribution in [3.63, 3.8) is 0 Å². The van der Waals surface area contributed by atoms with Crippen molar-refractivity contribution in [1.29, 1.82) is 0 Å². The summed E-state index contributed by atoms with van der Waals surface area (Å²) in [5.41, 5.74) is 3.82. The largest absolute Gasteiger partial charge is 0.271 e. The van der Waals surface area contributed by atoms with Crippen LogP contribution in [-0.2, 0) is 14.8 Å². The van der Waals surface area contributed by atoms with Crippen LogP contribution in [0.4, 0.5) is 5.69 Å². The Morgan fingerprint density at radius 1 is 1.06 bits per heavy atom. The Morgan fingerprint density at radius 2 is 1.70 bits per heavy atom. The van der Waals surface area contributed by atoms with E-state index in [0.717, 1.165) is 35.7 Å². The molecule has 1 aliphatic carbocycles. The molecule has 1 fully saturated rings. The third-order valence-electron chi connectivity index (χ3n) is 5.94. The van der Waals surface area contributed by atoms with Crippen LogP contribution in [-0.4, -0.2) is 26.6 Å². The molecule has 0 radical (unpaired) electrons. The van der Waals surface area contributed by atoms with E-state index in [9.17, 15) is 13.2 Å². The number of hydrogen-bond donors (Lipinski definition) is 1. The Bertz CT molecular complexity index is 1120. The smallest absolute Gasteiger partial charge is 0.264 e. The molecule has 9 heteroatoms. The average Bonchev–Trinajstić information content (AvgIpc) is 2.78. The van der Waals surface area contributed by atoms with Crippen molar-refractivity contribution in [3.05, 3.63) is 58.6 Å². The van der Waals surface area contributed by atoms with E-state index in [2.05, 4.69) is 31.3 Å². The molecule has 3 rings (SSSR count). The maximum absolute atomic E-state index is 13.4. The van der Waals surface area contributed by atoms with Crippen LogP contribution in [0.3, 0.4) is 0 Å². The van der Waals surface area contributed by atoms with Gasteiger partial charge in [-0.25, -0.2) is 13.8 Å². The lowest BCUT2D eigenvalue weighted by molar-refractivity contribution is -0.119. The predicted octanol–water partition coefficient (Wildman–Crippen LogP) is 5.90.